The van der Waals surface area contributed by atoms with Gasteiger partial charge in [-0.3, -0.25) is 0 Å². The maximum atomic E-state index is 8.37. The number of benzene rings is 2. The molecule has 1 aliphatic carbocycles. The fraction of sp³-hybridized carbons (Fsp3) is 0.0417. The number of hydrogen-bond donors (Lipinski definition) is 2. The highest BCUT2D eigenvalue weighted by Crippen LogP contribution is 2.29. The van der Waals surface area contributed by atoms with Crippen molar-refractivity contribution in [1.82, 2.24) is 9.97 Å². The molecule has 5 nitrogen and oxygen atoms in total. The molecule has 6 heteroatoms. The number of aromatic nitrogens is 2. The lowest BCUT2D eigenvalue weighted by atomic mass is 9.95. The average Bonchev–Trinajstić information content (AvgIpc) is 2.76. The summed E-state index contributed by atoms with van der Waals surface area (Å²) in [6.45, 7) is 0. The van der Waals surface area contributed by atoms with Gasteiger partial charge in [-0.05, 0) is 36.4 Å². The molecule has 2 N–H and O–H groups in total. The van der Waals surface area contributed by atoms with Gasteiger partial charge in [0.2, 0.25) is 5.95 Å². The van der Waals surface area contributed by atoms with Crippen LogP contribution < -0.4 is 5.32 Å². The highest BCUT2D eigenvalue weighted by Gasteiger charge is 2.17. The molecule has 0 spiro atoms. The third-order valence-electron chi connectivity index (χ3n) is 4.54. The quantitative estimate of drug-likeness (QED) is 0.509. The third-order valence-corrected chi connectivity index (χ3v) is 4.77. The Kier molecular flexibility index (Phi) is 5.72. The van der Waals surface area contributed by atoms with Gasteiger partial charge in [0, 0.05) is 33.6 Å². The van der Waals surface area contributed by atoms with E-state index < -0.39 is 0 Å². The van der Waals surface area contributed by atoms with Crippen LogP contribution in [0.5, 0.6) is 0 Å². The summed E-state index contributed by atoms with van der Waals surface area (Å²) in [5.41, 5.74) is 4.40. The Morgan fingerprint density at radius 2 is 1.87 bits per heavy atom. The summed E-state index contributed by atoms with van der Waals surface area (Å²) in [5.74, 6) is 1.11. The Morgan fingerprint density at radius 1 is 1.03 bits per heavy atom. The van der Waals surface area contributed by atoms with Crippen LogP contribution in [-0.4, -0.2) is 22.8 Å². The first kappa shape index (κ1) is 19.6. The van der Waals surface area contributed by atoms with Crippen LogP contribution in [0.2, 0.25) is 5.02 Å². The molecule has 2 aromatic carbocycles. The lowest BCUT2D eigenvalue weighted by molar-refractivity contribution is 0.369. The van der Waals surface area contributed by atoms with Gasteiger partial charge in [-0.15, -0.1) is 0 Å². The maximum Gasteiger partial charge on any atom is 0.227 e. The van der Waals surface area contributed by atoms with Crippen molar-refractivity contribution in [1.29, 1.82) is 5.41 Å². The van der Waals surface area contributed by atoms with E-state index >= 15 is 0 Å². The average molecular weight is 415 g/mol. The van der Waals surface area contributed by atoms with Crippen LogP contribution in [0.25, 0.3) is 11.3 Å². The van der Waals surface area contributed by atoms with E-state index in [2.05, 4.69) is 15.3 Å². The molecule has 0 saturated carbocycles. The minimum absolute atomic E-state index is 0.380. The Morgan fingerprint density at radius 3 is 2.63 bits per heavy atom. The van der Waals surface area contributed by atoms with Crippen molar-refractivity contribution in [2.45, 2.75) is 0 Å². The Bertz CT molecular complexity index is 1180. The van der Waals surface area contributed by atoms with Crippen LogP contribution >= 0.6 is 11.6 Å². The number of anilines is 2. The molecule has 0 fully saturated rings. The van der Waals surface area contributed by atoms with Crippen LogP contribution in [0, 0.1) is 5.41 Å². The number of halogens is 1. The molecule has 0 aliphatic heterocycles. The Labute approximate surface area is 179 Å². The molecule has 30 heavy (non-hydrogen) atoms. The van der Waals surface area contributed by atoms with Crippen LogP contribution in [0.3, 0.4) is 0 Å². The van der Waals surface area contributed by atoms with Crippen molar-refractivity contribution < 1.29 is 4.74 Å². The van der Waals surface area contributed by atoms with Crippen molar-refractivity contribution in [3.8, 4) is 0 Å². The van der Waals surface area contributed by atoms with Gasteiger partial charge in [-0.1, -0.05) is 54.1 Å². The molecule has 0 amide bonds. The van der Waals surface area contributed by atoms with E-state index in [1.165, 1.54) is 0 Å². The van der Waals surface area contributed by atoms with Crippen molar-refractivity contribution in [3.05, 3.63) is 107 Å². The predicted molar refractivity (Wildman–Crippen MR) is 122 cm³/mol. The summed E-state index contributed by atoms with van der Waals surface area (Å²) in [7, 11) is 1.62. The molecule has 0 saturated heterocycles. The molecule has 0 atom stereocenters. The zero-order chi connectivity index (χ0) is 20.9. The number of allylic oxidation sites excluding steroid dienone is 5. The van der Waals surface area contributed by atoms with Crippen molar-refractivity contribution in [2.24, 2.45) is 0 Å². The first-order chi connectivity index (χ1) is 14.6. The van der Waals surface area contributed by atoms with Crippen LogP contribution in [-0.2, 0) is 4.74 Å². The molecule has 1 aliphatic rings. The van der Waals surface area contributed by atoms with Gasteiger partial charge in [-0.25, -0.2) is 9.97 Å². The zero-order valence-electron chi connectivity index (χ0n) is 16.3. The predicted octanol–water partition coefficient (Wildman–Crippen LogP) is 5.90. The lowest BCUT2D eigenvalue weighted by Gasteiger charge is -2.16. The van der Waals surface area contributed by atoms with Gasteiger partial charge >= 0.3 is 0 Å². The number of ether oxygens (including phenoxy) is 1. The number of rotatable bonds is 5. The molecular weight excluding hydrogens is 396 g/mol. The van der Waals surface area contributed by atoms with E-state index in [1.807, 2.05) is 72.8 Å². The van der Waals surface area contributed by atoms with Crippen molar-refractivity contribution in [2.75, 3.05) is 12.4 Å². The van der Waals surface area contributed by atoms with Gasteiger partial charge in [0.05, 0.1) is 18.5 Å². The van der Waals surface area contributed by atoms with E-state index in [4.69, 9.17) is 21.7 Å². The lowest BCUT2D eigenvalue weighted by Crippen LogP contribution is -2.07. The molecule has 148 valence electrons. The summed E-state index contributed by atoms with van der Waals surface area (Å²) in [5, 5.41) is 12.2. The summed E-state index contributed by atoms with van der Waals surface area (Å²) in [4.78, 5) is 8.92. The molecule has 0 unspecified atom stereocenters. The monoisotopic (exact) mass is 414 g/mol. The van der Waals surface area contributed by atoms with Gasteiger partial charge in [0.15, 0.2) is 0 Å². The fourth-order valence-corrected chi connectivity index (χ4v) is 3.33. The molecule has 1 heterocycles. The second-order valence-corrected chi connectivity index (χ2v) is 7.00. The topological polar surface area (TPSA) is 70.9 Å². The number of hydrogen-bond acceptors (Lipinski definition) is 5. The first-order valence-electron chi connectivity index (χ1n) is 9.32. The van der Waals surface area contributed by atoms with Crippen molar-refractivity contribution in [3.63, 3.8) is 0 Å². The number of nitrogens with zero attached hydrogens (tertiary/aromatic N) is 2. The molecule has 0 radical (unpaired) electrons. The second kappa shape index (κ2) is 8.76. The number of nitrogens with one attached hydrogen (secondary N) is 2. The highest BCUT2D eigenvalue weighted by molar-refractivity contribution is 6.30. The van der Waals surface area contributed by atoms with E-state index in [1.54, 1.807) is 19.4 Å². The van der Waals surface area contributed by atoms with Gasteiger partial charge in [0.25, 0.3) is 0 Å². The standard InChI is InChI=1S/C24H19ClN4O/c1-30-23(16-6-3-2-4-7-16)20-14-17(10-11-21(20)26)22-12-13-27-24(29-22)28-19-9-5-8-18(25)15-19/h2-15,26H,1H3,(H,27,28,29)/b23-20-,26-21?. The maximum absolute atomic E-state index is 8.37. The van der Waals surface area contributed by atoms with Crippen LogP contribution in [0.15, 0.2) is 90.7 Å². The molecule has 1 aromatic heterocycles. The number of methoxy groups -OCH3 is 1. The highest BCUT2D eigenvalue weighted by atomic mass is 35.5. The van der Waals surface area contributed by atoms with Crippen LogP contribution in [0.4, 0.5) is 11.6 Å². The van der Waals surface area contributed by atoms with E-state index in [-0.39, 0.29) is 0 Å². The van der Waals surface area contributed by atoms with Crippen molar-refractivity contribution >= 4 is 40.3 Å². The molecule has 3 aromatic rings. The normalized spacial score (nSPS) is 14.9. The Balaban J connectivity index is 1.70. The summed E-state index contributed by atoms with van der Waals surface area (Å²) in [6, 6.07) is 19.0. The Hall–Kier alpha value is -3.70. The third kappa shape index (κ3) is 4.31. The molecule has 4 rings (SSSR count). The van der Waals surface area contributed by atoms with Gasteiger partial charge in [0.1, 0.15) is 5.76 Å². The summed E-state index contributed by atoms with van der Waals surface area (Å²) < 4.78 is 5.65. The summed E-state index contributed by atoms with van der Waals surface area (Å²) in [6.07, 6.45) is 7.23. The smallest absolute Gasteiger partial charge is 0.227 e. The van der Waals surface area contributed by atoms with Crippen LogP contribution in [0.1, 0.15) is 11.3 Å². The molecule has 0 bridgehead atoms. The van der Waals surface area contributed by atoms with Gasteiger partial charge in [-0.2, -0.15) is 0 Å². The van der Waals surface area contributed by atoms with E-state index in [9.17, 15) is 0 Å². The van der Waals surface area contributed by atoms with E-state index in [0.29, 0.717) is 28.0 Å². The minimum Gasteiger partial charge on any atom is -0.495 e. The first-order valence-corrected chi connectivity index (χ1v) is 9.70. The largest absolute Gasteiger partial charge is 0.495 e. The minimum atomic E-state index is 0.380. The second-order valence-electron chi connectivity index (χ2n) is 6.56. The molecular formula is C24H19ClN4O. The van der Waals surface area contributed by atoms with E-state index in [0.717, 1.165) is 22.5 Å². The SMILES string of the molecule is CO/C(=C1/C=C(c2ccnc(Nc3cccc(Cl)c3)n2)C=CC1=N)c1ccccc1. The van der Waals surface area contributed by atoms with Gasteiger partial charge < -0.3 is 15.5 Å². The zero-order valence-corrected chi connectivity index (χ0v) is 17.0. The summed E-state index contributed by atoms with van der Waals surface area (Å²) >= 11 is 6.05. The fourth-order valence-electron chi connectivity index (χ4n) is 3.14.